The molecule has 0 radical (unpaired) electrons. The minimum Gasteiger partial charge on any atom is -0.495 e. The molecule has 2 aromatic rings. The third kappa shape index (κ3) is 3.55. The van der Waals surface area contributed by atoms with Gasteiger partial charge in [-0.2, -0.15) is 5.10 Å². The van der Waals surface area contributed by atoms with Gasteiger partial charge in [0.15, 0.2) is 0 Å². The quantitative estimate of drug-likeness (QED) is 0.695. The summed E-state index contributed by atoms with van der Waals surface area (Å²) >= 11 is 5.98. The summed E-state index contributed by atoms with van der Waals surface area (Å²) in [6.45, 7) is 0. The van der Waals surface area contributed by atoms with Crippen LogP contribution in [-0.2, 0) is 0 Å². The van der Waals surface area contributed by atoms with Gasteiger partial charge < -0.3 is 4.74 Å². The van der Waals surface area contributed by atoms with E-state index < -0.39 is 0 Å². The lowest BCUT2D eigenvalue weighted by Gasteiger charge is -2.03. The predicted octanol–water partition coefficient (Wildman–Crippen LogP) is 2.51. The number of hydrogen-bond acceptors (Lipinski definition) is 4. The molecule has 1 amide bonds. The first kappa shape index (κ1) is 14.0. The smallest absolute Gasteiger partial charge is 0.289 e. The molecule has 20 heavy (non-hydrogen) atoms. The van der Waals surface area contributed by atoms with E-state index in [9.17, 15) is 4.79 Å². The number of hydrazone groups is 1. The maximum Gasteiger partial charge on any atom is 0.289 e. The third-order valence-corrected chi connectivity index (χ3v) is 2.75. The lowest BCUT2D eigenvalue weighted by Crippen LogP contribution is -2.18. The molecule has 0 saturated heterocycles. The molecule has 5 nitrogen and oxygen atoms in total. The van der Waals surface area contributed by atoms with E-state index in [4.69, 9.17) is 16.3 Å². The normalized spacial score (nSPS) is 10.5. The monoisotopic (exact) mass is 289 g/mol. The summed E-state index contributed by atoms with van der Waals surface area (Å²) in [7, 11) is 1.54. The predicted molar refractivity (Wildman–Crippen MR) is 77.3 cm³/mol. The van der Waals surface area contributed by atoms with Crippen LogP contribution in [-0.4, -0.2) is 24.2 Å². The standard InChI is InChI=1S/C14H12ClN3O2/c1-20-13-6-5-10(8-11(13)15)9-17-18-14(19)12-4-2-3-7-16-12/h2-9H,1H3,(H,18,19)/b17-9-. The van der Waals surface area contributed by atoms with Crippen LogP contribution in [0.2, 0.25) is 5.02 Å². The van der Waals surface area contributed by atoms with Crippen molar-refractivity contribution in [2.24, 2.45) is 5.10 Å². The Morgan fingerprint density at radius 1 is 1.40 bits per heavy atom. The summed E-state index contributed by atoms with van der Waals surface area (Å²) < 4.78 is 5.05. The zero-order valence-electron chi connectivity index (χ0n) is 10.7. The Morgan fingerprint density at radius 2 is 2.25 bits per heavy atom. The number of nitrogens with one attached hydrogen (secondary N) is 1. The van der Waals surface area contributed by atoms with Crippen LogP contribution >= 0.6 is 11.6 Å². The molecule has 1 heterocycles. The number of methoxy groups -OCH3 is 1. The molecule has 0 saturated carbocycles. The highest BCUT2D eigenvalue weighted by Gasteiger charge is 2.04. The van der Waals surface area contributed by atoms with Gasteiger partial charge in [-0.05, 0) is 35.9 Å². The Balaban J connectivity index is 2.00. The summed E-state index contributed by atoms with van der Waals surface area (Å²) in [6.07, 6.45) is 3.04. The van der Waals surface area contributed by atoms with Crippen molar-refractivity contribution in [2.75, 3.05) is 7.11 Å². The van der Waals surface area contributed by atoms with E-state index in [0.717, 1.165) is 5.56 Å². The number of ether oxygens (including phenoxy) is 1. The maximum atomic E-state index is 11.7. The molecular weight excluding hydrogens is 278 g/mol. The average molecular weight is 290 g/mol. The summed E-state index contributed by atoms with van der Waals surface area (Å²) in [6, 6.07) is 10.3. The number of nitrogens with zero attached hydrogens (tertiary/aromatic N) is 2. The van der Waals surface area contributed by atoms with Gasteiger partial charge in [0.2, 0.25) is 0 Å². The lowest BCUT2D eigenvalue weighted by molar-refractivity contribution is 0.0950. The van der Waals surface area contributed by atoms with Crippen LogP contribution in [0, 0.1) is 0 Å². The van der Waals surface area contributed by atoms with E-state index in [-0.39, 0.29) is 5.91 Å². The Morgan fingerprint density at radius 3 is 2.90 bits per heavy atom. The number of aromatic nitrogens is 1. The molecular formula is C14H12ClN3O2. The van der Waals surface area contributed by atoms with Gasteiger partial charge in [-0.15, -0.1) is 0 Å². The number of benzene rings is 1. The fraction of sp³-hybridized carbons (Fsp3) is 0.0714. The fourth-order valence-corrected chi connectivity index (χ4v) is 1.75. The summed E-state index contributed by atoms with van der Waals surface area (Å²) in [5, 5.41) is 4.33. The molecule has 1 aromatic carbocycles. The van der Waals surface area contributed by atoms with Gasteiger partial charge >= 0.3 is 0 Å². The van der Waals surface area contributed by atoms with Crippen LogP contribution in [0.25, 0.3) is 0 Å². The molecule has 0 fully saturated rings. The molecule has 0 bridgehead atoms. The van der Waals surface area contributed by atoms with Crippen LogP contribution in [0.1, 0.15) is 16.1 Å². The summed E-state index contributed by atoms with van der Waals surface area (Å²) in [5.41, 5.74) is 3.44. The van der Waals surface area contributed by atoms with Crippen molar-refractivity contribution in [3.63, 3.8) is 0 Å². The first-order chi connectivity index (χ1) is 9.70. The van der Waals surface area contributed by atoms with Crippen LogP contribution < -0.4 is 10.2 Å². The van der Waals surface area contributed by atoms with E-state index in [2.05, 4.69) is 15.5 Å². The molecule has 0 aliphatic heterocycles. The molecule has 1 N–H and O–H groups in total. The van der Waals surface area contributed by atoms with E-state index in [1.807, 2.05) is 0 Å². The Kier molecular flexibility index (Phi) is 4.68. The Bertz CT molecular complexity index is 630. The molecule has 0 unspecified atom stereocenters. The van der Waals surface area contributed by atoms with Gasteiger partial charge in [-0.1, -0.05) is 17.7 Å². The molecule has 102 valence electrons. The molecule has 0 aliphatic carbocycles. The van der Waals surface area contributed by atoms with E-state index in [1.165, 1.54) is 6.21 Å². The summed E-state index contributed by atoms with van der Waals surface area (Å²) in [5.74, 6) is 0.211. The van der Waals surface area contributed by atoms with Crippen molar-refractivity contribution in [3.8, 4) is 5.75 Å². The van der Waals surface area contributed by atoms with Crippen molar-refractivity contribution in [2.45, 2.75) is 0 Å². The second-order valence-electron chi connectivity index (χ2n) is 3.81. The molecule has 2 rings (SSSR count). The SMILES string of the molecule is COc1ccc(/C=N\NC(=O)c2ccccn2)cc1Cl. The number of amides is 1. The number of carbonyl (C=O) groups is 1. The average Bonchev–Trinajstić information content (AvgIpc) is 2.48. The molecule has 0 atom stereocenters. The van der Waals surface area contributed by atoms with E-state index in [0.29, 0.717) is 16.5 Å². The maximum absolute atomic E-state index is 11.7. The van der Waals surface area contributed by atoms with Crippen molar-refractivity contribution in [1.82, 2.24) is 10.4 Å². The van der Waals surface area contributed by atoms with Crippen molar-refractivity contribution >= 4 is 23.7 Å². The topological polar surface area (TPSA) is 63.6 Å². The van der Waals surface area contributed by atoms with Gasteiger partial charge in [-0.25, -0.2) is 5.43 Å². The van der Waals surface area contributed by atoms with Crippen molar-refractivity contribution in [1.29, 1.82) is 0 Å². The molecule has 1 aromatic heterocycles. The van der Waals surface area contributed by atoms with Gasteiger partial charge in [0.25, 0.3) is 5.91 Å². The van der Waals surface area contributed by atoms with Crippen molar-refractivity contribution < 1.29 is 9.53 Å². The lowest BCUT2D eigenvalue weighted by atomic mass is 10.2. The Hall–Kier alpha value is -2.40. The minimum atomic E-state index is -0.374. The van der Waals surface area contributed by atoms with Gasteiger partial charge in [0.05, 0.1) is 18.3 Å². The minimum absolute atomic E-state index is 0.303. The Labute approximate surface area is 121 Å². The number of pyridine rings is 1. The number of carbonyl (C=O) groups excluding carboxylic acids is 1. The summed E-state index contributed by atoms with van der Waals surface area (Å²) in [4.78, 5) is 15.6. The van der Waals surface area contributed by atoms with E-state index >= 15 is 0 Å². The van der Waals surface area contributed by atoms with Gasteiger partial charge in [0, 0.05) is 6.20 Å². The molecule has 0 spiro atoms. The van der Waals surface area contributed by atoms with Crippen LogP contribution in [0.4, 0.5) is 0 Å². The fourth-order valence-electron chi connectivity index (χ4n) is 1.48. The van der Waals surface area contributed by atoms with Crippen molar-refractivity contribution in [3.05, 3.63) is 58.9 Å². The van der Waals surface area contributed by atoms with Gasteiger partial charge in [0.1, 0.15) is 11.4 Å². The zero-order chi connectivity index (χ0) is 14.4. The molecule has 6 heteroatoms. The third-order valence-electron chi connectivity index (χ3n) is 2.45. The highest BCUT2D eigenvalue weighted by molar-refractivity contribution is 6.32. The second-order valence-corrected chi connectivity index (χ2v) is 4.22. The highest BCUT2D eigenvalue weighted by Crippen LogP contribution is 2.24. The van der Waals surface area contributed by atoms with Crippen LogP contribution in [0.3, 0.4) is 0 Å². The first-order valence-electron chi connectivity index (χ1n) is 5.78. The van der Waals surface area contributed by atoms with Gasteiger partial charge in [-0.3, -0.25) is 9.78 Å². The van der Waals surface area contributed by atoms with Crippen LogP contribution in [0.5, 0.6) is 5.75 Å². The number of rotatable bonds is 4. The van der Waals surface area contributed by atoms with E-state index in [1.54, 1.807) is 49.7 Å². The zero-order valence-corrected chi connectivity index (χ0v) is 11.5. The number of hydrogen-bond donors (Lipinski definition) is 1. The first-order valence-corrected chi connectivity index (χ1v) is 6.16. The molecule has 0 aliphatic rings. The number of halogens is 1. The second kappa shape index (κ2) is 6.68. The highest BCUT2D eigenvalue weighted by atomic mass is 35.5. The largest absolute Gasteiger partial charge is 0.495 e. The van der Waals surface area contributed by atoms with Crippen LogP contribution in [0.15, 0.2) is 47.7 Å².